The Balaban J connectivity index is 2.97. The highest BCUT2D eigenvalue weighted by molar-refractivity contribution is 5.95. The number of anilines is 1. The lowest BCUT2D eigenvalue weighted by Gasteiger charge is -2.12. The van der Waals surface area contributed by atoms with Gasteiger partial charge in [0.25, 0.3) is 0 Å². The molecule has 0 saturated heterocycles. The molecule has 0 unspecified atom stereocenters. The summed E-state index contributed by atoms with van der Waals surface area (Å²) in [4.78, 5) is 22.2. The average molecular weight is 290 g/mol. The topological polar surface area (TPSA) is 78.4 Å². The summed E-state index contributed by atoms with van der Waals surface area (Å²) < 4.78 is 37.5. The number of halogens is 3. The Morgan fingerprint density at radius 3 is 2.45 bits per heavy atom. The van der Waals surface area contributed by atoms with Gasteiger partial charge in [-0.2, -0.15) is 13.2 Å². The van der Waals surface area contributed by atoms with Crippen molar-refractivity contribution in [1.82, 2.24) is 5.32 Å². The molecular weight excluding hydrogens is 277 g/mol. The molecule has 1 aromatic carbocycles. The first kappa shape index (κ1) is 15.8. The van der Waals surface area contributed by atoms with Gasteiger partial charge in [0, 0.05) is 12.2 Å². The van der Waals surface area contributed by atoms with E-state index in [0.29, 0.717) is 12.6 Å². The van der Waals surface area contributed by atoms with E-state index >= 15 is 0 Å². The van der Waals surface area contributed by atoms with Gasteiger partial charge in [0.1, 0.15) is 0 Å². The summed E-state index contributed by atoms with van der Waals surface area (Å²) in [6, 6.07) is 2.28. The van der Waals surface area contributed by atoms with Crippen molar-refractivity contribution in [3.05, 3.63) is 29.3 Å². The molecule has 0 heterocycles. The zero-order chi connectivity index (χ0) is 15.3. The van der Waals surface area contributed by atoms with Crippen molar-refractivity contribution >= 4 is 17.6 Å². The number of alkyl halides is 3. The van der Waals surface area contributed by atoms with E-state index in [1.54, 1.807) is 6.92 Å². The van der Waals surface area contributed by atoms with Crippen molar-refractivity contribution in [3.63, 3.8) is 0 Å². The van der Waals surface area contributed by atoms with E-state index in [0.717, 1.165) is 12.1 Å². The van der Waals surface area contributed by atoms with E-state index in [2.05, 4.69) is 10.6 Å². The van der Waals surface area contributed by atoms with Crippen LogP contribution in [-0.2, 0) is 11.0 Å². The van der Waals surface area contributed by atoms with Gasteiger partial charge in [-0.05, 0) is 25.1 Å². The molecule has 1 aromatic rings. The zero-order valence-electron chi connectivity index (χ0n) is 10.5. The number of carboxylic acids is 1. The van der Waals surface area contributed by atoms with E-state index in [9.17, 15) is 22.8 Å². The van der Waals surface area contributed by atoms with Crippen LogP contribution in [0.4, 0.5) is 18.9 Å². The maximum absolute atomic E-state index is 12.5. The lowest BCUT2D eigenvalue weighted by molar-refractivity contribution is -0.137. The number of carboxylic acid groups (broad SMARTS) is 1. The van der Waals surface area contributed by atoms with Gasteiger partial charge < -0.3 is 15.7 Å². The van der Waals surface area contributed by atoms with Crippen molar-refractivity contribution in [2.45, 2.75) is 13.1 Å². The second-order valence-electron chi connectivity index (χ2n) is 3.87. The van der Waals surface area contributed by atoms with Crippen LogP contribution in [0.2, 0.25) is 0 Å². The Kier molecular flexibility index (Phi) is 4.95. The van der Waals surface area contributed by atoms with Gasteiger partial charge in [0.15, 0.2) is 0 Å². The highest BCUT2D eigenvalue weighted by atomic mass is 19.4. The number of nitrogens with one attached hydrogen (secondary N) is 2. The standard InChI is InChI=1S/C12H13F3N2O3/c1-2-16-10(18)6-17-9-4-3-7(12(13,14)15)5-8(9)11(19)20/h3-5,17H,2,6H2,1H3,(H,16,18)(H,19,20). The van der Waals surface area contributed by atoms with Gasteiger partial charge in [0.05, 0.1) is 17.7 Å². The summed E-state index contributed by atoms with van der Waals surface area (Å²) in [7, 11) is 0. The molecule has 0 aliphatic carbocycles. The second kappa shape index (κ2) is 6.27. The van der Waals surface area contributed by atoms with Crippen molar-refractivity contribution in [1.29, 1.82) is 0 Å². The van der Waals surface area contributed by atoms with Crippen LogP contribution in [0.15, 0.2) is 18.2 Å². The van der Waals surface area contributed by atoms with E-state index in [-0.39, 0.29) is 18.1 Å². The van der Waals surface area contributed by atoms with Crippen molar-refractivity contribution in [3.8, 4) is 0 Å². The SMILES string of the molecule is CCNC(=O)CNc1ccc(C(F)(F)F)cc1C(=O)O. The first-order valence-corrected chi connectivity index (χ1v) is 5.70. The van der Waals surface area contributed by atoms with Crippen molar-refractivity contribution in [2.75, 3.05) is 18.4 Å². The fraction of sp³-hybridized carbons (Fsp3) is 0.333. The number of hydrogen-bond donors (Lipinski definition) is 3. The predicted octanol–water partition coefficient (Wildman–Crippen LogP) is 1.95. The summed E-state index contributed by atoms with van der Waals surface area (Å²) in [5, 5.41) is 13.9. The van der Waals surface area contributed by atoms with Crippen LogP contribution in [0.5, 0.6) is 0 Å². The number of carbonyl (C=O) groups is 2. The first-order valence-electron chi connectivity index (χ1n) is 5.70. The van der Waals surface area contributed by atoms with Gasteiger partial charge in [0.2, 0.25) is 5.91 Å². The molecule has 0 aliphatic rings. The van der Waals surface area contributed by atoms with Crippen LogP contribution in [-0.4, -0.2) is 30.1 Å². The number of benzene rings is 1. The molecule has 110 valence electrons. The highest BCUT2D eigenvalue weighted by Gasteiger charge is 2.31. The maximum Gasteiger partial charge on any atom is 0.416 e. The average Bonchev–Trinajstić information content (AvgIpc) is 2.35. The molecule has 0 aliphatic heterocycles. The Morgan fingerprint density at radius 2 is 1.95 bits per heavy atom. The highest BCUT2D eigenvalue weighted by Crippen LogP contribution is 2.31. The van der Waals surface area contributed by atoms with Gasteiger partial charge in [-0.15, -0.1) is 0 Å². The Morgan fingerprint density at radius 1 is 1.30 bits per heavy atom. The van der Waals surface area contributed by atoms with Crippen LogP contribution in [0.3, 0.4) is 0 Å². The minimum atomic E-state index is -4.62. The molecule has 0 spiro atoms. The molecule has 0 atom stereocenters. The van der Waals surface area contributed by atoms with Crippen molar-refractivity contribution in [2.24, 2.45) is 0 Å². The minimum absolute atomic E-state index is 0.0447. The number of carbonyl (C=O) groups excluding carboxylic acids is 1. The lowest BCUT2D eigenvalue weighted by atomic mass is 10.1. The third kappa shape index (κ3) is 4.15. The Bertz CT molecular complexity index is 515. The molecule has 0 radical (unpaired) electrons. The molecule has 8 heteroatoms. The van der Waals surface area contributed by atoms with Gasteiger partial charge in [-0.1, -0.05) is 0 Å². The van der Waals surface area contributed by atoms with E-state index in [4.69, 9.17) is 5.11 Å². The predicted molar refractivity (Wildman–Crippen MR) is 65.6 cm³/mol. The zero-order valence-corrected chi connectivity index (χ0v) is 10.5. The van der Waals surface area contributed by atoms with Gasteiger partial charge >= 0.3 is 12.1 Å². The number of aromatic carboxylic acids is 1. The molecule has 0 aromatic heterocycles. The second-order valence-corrected chi connectivity index (χ2v) is 3.87. The minimum Gasteiger partial charge on any atom is -0.478 e. The number of amides is 1. The summed E-state index contributed by atoms with van der Waals surface area (Å²) >= 11 is 0. The molecule has 5 nitrogen and oxygen atoms in total. The Labute approximate surface area is 112 Å². The van der Waals surface area contributed by atoms with Crippen LogP contribution >= 0.6 is 0 Å². The summed E-state index contributed by atoms with van der Waals surface area (Å²) in [5.41, 5.74) is -1.64. The fourth-order valence-electron chi connectivity index (χ4n) is 1.49. The molecule has 1 rings (SSSR count). The van der Waals surface area contributed by atoms with Crippen LogP contribution in [0.25, 0.3) is 0 Å². The third-order valence-corrected chi connectivity index (χ3v) is 2.39. The van der Waals surface area contributed by atoms with Crippen LogP contribution < -0.4 is 10.6 Å². The van der Waals surface area contributed by atoms with Gasteiger partial charge in [-0.25, -0.2) is 4.79 Å². The molecule has 20 heavy (non-hydrogen) atoms. The van der Waals surface area contributed by atoms with E-state index in [1.807, 2.05) is 0 Å². The van der Waals surface area contributed by atoms with Crippen molar-refractivity contribution < 1.29 is 27.9 Å². The summed E-state index contributed by atoms with van der Waals surface area (Å²) in [6.45, 7) is 1.89. The molecule has 1 amide bonds. The van der Waals surface area contributed by atoms with E-state index in [1.165, 1.54) is 0 Å². The molecule has 0 bridgehead atoms. The molecular formula is C12H13F3N2O3. The third-order valence-electron chi connectivity index (χ3n) is 2.39. The number of rotatable bonds is 5. The summed E-state index contributed by atoms with van der Waals surface area (Å²) in [6.07, 6.45) is -4.62. The molecule has 0 fully saturated rings. The lowest BCUT2D eigenvalue weighted by Crippen LogP contribution is -2.29. The monoisotopic (exact) mass is 290 g/mol. The first-order chi connectivity index (χ1) is 9.25. The maximum atomic E-state index is 12.5. The largest absolute Gasteiger partial charge is 0.478 e. The number of likely N-dealkylation sites (N-methyl/N-ethyl adjacent to an activating group) is 1. The normalized spacial score (nSPS) is 11.0. The van der Waals surface area contributed by atoms with E-state index < -0.39 is 23.3 Å². The smallest absolute Gasteiger partial charge is 0.416 e. The van der Waals surface area contributed by atoms with Crippen LogP contribution in [0, 0.1) is 0 Å². The molecule has 3 N–H and O–H groups in total. The number of hydrogen-bond acceptors (Lipinski definition) is 3. The summed E-state index contributed by atoms with van der Waals surface area (Å²) in [5.74, 6) is -1.89. The molecule has 0 saturated carbocycles. The fourth-order valence-corrected chi connectivity index (χ4v) is 1.49. The Hall–Kier alpha value is -2.25. The quantitative estimate of drug-likeness (QED) is 0.774. The van der Waals surface area contributed by atoms with Gasteiger partial charge in [-0.3, -0.25) is 4.79 Å². The van der Waals surface area contributed by atoms with Crippen LogP contribution in [0.1, 0.15) is 22.8 Å².